The number of halogens is 6. The second kappa shape index (κ2) is 6.98. The molecule has 1 rings (SSSR count). The van der Waals surface area contributed by atoms with Crippen LogP contribution in [0.5, 0.6) is 0 Å². The molecule has 0 aliphatic heterocycles. The first kappa shape index (κ1) is 17.6. The lowest BCUT2D eigenvalue weighted by Gasteiger charge is -2.36. The topological polar surface area (TPSA) is 21.3 Å². The van der Waals surface area contributed by atoms with Crippen LogP contribution in [0.1, 0.15) is 39.0 Å². The minimum atomic E-state index is -5.44. The third-order valence-electron chi connectivity index (χ3n) is 3.26. The Morgan fingerprint density at radius 1 is 1.05 bits per heavy atom. The van der Waals surface area contributed by atoms with Gasteiger partial charge >= 0.3 is 12.4 Å². The second-order valence-electron chi connectivity index (χ2n) is 4.98. The molecular weight excluding hydrogens is 288 g/mol. The Morgan fingerprint density at radius 2 is 1.60 bits per heavy atom. The Bertz CT molecular complexity index is 277. The van der Waals surface area contributed by atoms with Crippen LogP contribution < -0.4 is 5.32 Å². The molecule has 20 heavy (non-hydrogen) atoms. The Hall–Kier alpha value is -0.500. The molecule has 0 spiro atoms. The van der Waals surface area contributed by atoms with Gasteiger partial charge in [-0.1, -0.05) is 19.8 Å². The maximum Gasteiger partial charge on any atom is 0.423 e. The van der Waals surface area contributed by atoms with Gasteiger partial charge in [-0.05, 0) is 25.8 Å². The molecule has 1 fully saturated rings. The van der Waals surface area contributed by atoms with E-state index in [1.54, 1.807) is 0 Å². The highest BCUT2D eigenvalue weighted by atomic mass is 19.4. The van der Waals surface area contributed by atoms with Crippen molar-refractivity contribution >= 4 is 0 Å². The molecule has 0 heterocycles. The summed E-state index contributed by atoms with van der Waals surface area (Å²) in [6.45, 7) is 2.42. The fourth-order valence-corrected chi connectivity index (χ4v) is 2.34. The molecule has 1 N–H and O–H groups in total. The molecule has 0 aromatic heterocycles. The van der Waals surface area contributed by atoms with Crippen LogP contribution in [0.25, 0.3) is 0 Å². The van der Waals surface area contributed by atoms with Crippen molar-refractivity contribution in [3.8, 4) is 0 Å². The third kappa shape index (κ3) is 5.12. The maximum atomic E-state index is 12.5. The summed E-state index contributed by atoms with van der Waals surface area (Å²) in [6, 6.07) is -0.448. The van der Waals surface area contributed by atoms with Crippen LogP contribution in [0.15, 0.2) is 0 Å². The Kier molecular flexibility index (Phi) is 6.12. The normalized spacial score (nSPS) is 25.2. The number of alkyl halides is 6. The van der Waals surface area contributed by atoms with Crippen molar-refractivity contribution < 1.29 is 31.1 Å². The minimum Gasteiger partial charge on any atom is -0.356 e. The summed E-state index contributed by atoms with van der Waals surface area (Å²) in [4.78, 5) is 0. The molecule has 0 aromatic rings. The maximum absolute atomic E-state index is 12.5. The average molecular weight is 307 g/mol. The summed E-state index contributed by atoms with van der Waals surface area (Å²) in [5, 5.41) is 2.97. The van der Waals surface area contributed by atoms with Gasteiger partial charge in [-0.25, -0.2) is 0 Å². The van der Waals surface area contributed by atoms with Crippen LogP contribution in [0, 0.1) is 0 Å². The van der Waals surface area contributed by atoms with Gasteiger partial charge < -0.3 is 10.1 Å². The van der Waals surface area contributed by atoms with Gasteiger partial charge in [0.05, 0.1) is 6.10 Å². The first-order valence-corrected chi connectivity index (χ1v) is 6.68. The molecule has 8 heteroatoms. The molecule has 1 aliphatic rings. The van der Waals surface area contributed by atoms with Crippen molar-refractivity contribution in [2.24, 2.45) is 0 Å². The van der Waals surface area contributed by atoms with Gasteiger partial charge in [0, 0.05) is 6.04 Å². The molecule has 0 saturated heterocycles. The molecule has 2 nitrogen and oxygen atoms in total. The number of nitrogens with one attached hydrogen (secondary N) is 1. The van der Waals surface area contributed by atoms with Gasteiger partial charge in [0.25, 0.3) is 0 Å². The van der Waals surface area contributed by atoms with Crippen LogP contribution in [0.2, 0.25) is 0 Å². The van der Waals surface area contributed by atoms with Gasteiger partial charge in [-0.2, -0.15) is 26.3 Å². The smallest absolute Gasteiger partial charge is 0.356 e. The molecule has 120 valence electrons. The van der Waals surface area contributed by atoms with E-state index in [1.165, 1.54) is 0 Å². The highest BCUT2D eigenvalue weighted by molar-refractivity contribution is 4.86. The molecule has 2 atom stereocenters. The highest BCUT2D eigenvalue weighted by Crippen LogP contribution is 2.38. The third-order valence-corrected chi connectivity index (χ3v) is 3.26. The monoisotopic (exact) mass is 307 g/mol. The largest absolute Gasteiger partial charge is 0.423 e. The Balaban J connectivity index is 2.74. The van der Waals surface area contributed by atoms with Crippen molar-refractivity contribution in [2.75, 3.05) is 6.54 Å². The number of rotatable bonds is 5. The van der Waals surface area contributed by atoms with Crippen molar-refractivity contribution in [3.63, 3.8) is 0 Å². The van der Waals surface area contributed by atoms with Crippen molar-refractivity contribution in [1.29, 1.82) is 0 Å². The van der Waals surface area contributed by atoms with Gasteiger partial charge in [-0.15, -0.1) is 0 Å². The van der Waals surface area contributed by atoms with Gasteiger partial charge in [0.2, 0.25) is 6.10 Å². The first-order valence-electron chi connectivity index (χ1n) is 6.68. The zero-order valence-corrected chi connectivity index (χ0v) is 11.2. The Morgan fingerprint density at radius 3 is 2.10 bits per heavy atom. The number of hydrogen-bond acceptors (Lipinski definition) is 2. The predicted molar refractivity (Wildman–Crippen MR) is 61.3 cm³/mol. The molecule has 0 radical (unpaired) electrons. The van der Waals surface area contributed by atoms with E-state index in [0.29, 0.717) is 19.4 Å². The predicted octanol–water partition coefficient (Wildman–Crippen LogP) is 3.81. The van der Waals surface area contributed by atoms with Crippen LogP contribution in [0.4, 0.5) is 26.3 Å². The zero-order chi connectivity index (χ0) is 15.4. The quantitative estimate of drug-likeness (QED) is 0.780. The van der Waals surface area contributed by atoms with Crippen LogP contribution >= 0.6 is 0 Å². The lowest BCUT2D eigenvalue weighted by atomic mass is 9.92. The fourth-order valence-electron chi connectivity index (χ4n) is 2.34. The van der Waals surface area contributed by atoms with Gasteiger partial charge in [0.15, 0.2) is 0 Å². The molecule has 2 unspecified atom stereocenters. The van der Waals surface area contributed by atoms with E-state index in [1.807, 2.05) is 6.92 Å². The van der Waals surface area contributed by atoms with Crippen LogP contribution in [-0.4, -0.2) is 37.1 Å². The summed E-state index contributed by atoms with van der Waals surface area (Å²) in [7, 11) is 0. The van der Waals surface area contributed by atoms with Crippen LogP contribution in [-0.2, 0) is 4.74 Å². The van der Waals surface area contributed by atoms with E-state index in [0.717, 1.165) is 12.8 Å². The van der Waals surface area contributed by atoms with Crippen molar-refractivity contribution in [3.05, 3.63) is 0 Å². The SMILES string of the molecule is CCCNC1CCCCC1OC(C(F)(F)F)C(F)(F)F. The molecule has 0 amide bonds. The van der Waals surface area contributed by atoms with Gasteiger partial charge in [-0.3, -0.25) is 0 Å². The average Bonchev–Trinajstić information content (AvgIpc) is 2.31. The summed E-state index contributed by atoms with van der Waals surface area (Å²) in [6.07, 6.45) is -12.8. The highest BCUT2D eigenvalue weighted by Gasteiger charge is 2.59. The summed E-state index contributed by atoms with van der Waals surface area (Å²) in [5.41, 5.74) is 0. The lowest BCUT2D eigenvalue weighted by Crippen LogP contribution is -2.52. The summed E-state index contributed by atoms with van der Waals surface area (Å²) >= 11 is 0. The zero-order valence-electron chi connectivity index (χ0n) is 11.2. The fraction of sp³-hybridized carbons (Fsp3) is 1.00. The molecule has 1 saturated carbocycles. The summed E-state index contributed by atoms with van der Waals surface area (Å²) < 4.78 is 79.3. The molecule has 1 aliphatic carbocycles. The van der Waals surface area contributed by atoms with E-state index < -0.39 is 30.6 Å². The minimum absolute atomic E-state index is 0.212. The number of ether oxygens (including phenoxy) is 1. The first-order chi connectivity index (χ1) is 9.16. The van der Waals surface area contributed by atoms with Crippen molar-refractivity contribution in [1.82, 2.24) is 5.32 Å². The van der Waals surface area contributed by atoms with E-state index in [9.17, 15) is 26.3 Å². The molecule has 0 bridgehead atoms. The number of hydrogen-bond donors (Lipinski definition) is 1. The molecular formula is C12H19F6NO. The van der Waals surface area contributed by atoms with Crippen LogP contribution in [0.3, 0.4) is 0 Å². The summed E-state index contributed by atoms with van der Waals surface area (Å²) in [5.74, 6) is 0. The van der Waals surface area contributed by atoms with Crippen molar-refractivity contribution in [2.45, 2.75) is 69.6 Å². The van der Waals surface area contributed by atoms with E-state index >= 15 is 0 Å². The van der Waals surface area contributed by atoms with E-state index in [4.69, 9.17) is 0 Å². The van der Waals surface area contributed by atoms with E-state index in [2.05, 4.69) is 10.1 Å². The lowest BCUT2D eigenvalue weighted by molar-refractivity contribution is -0.333. The van der Waals surface area contributed by atoms with E-state index in [-0.39, 0.29) is 6.42 Å². The van der Waals surface area contributed by atoms with Gasteiger partial charge in [0.1, 0.15) is 0 Å². The Labute approximate surface area is 113 Å². The second-order valence-corrected chi connectivity index (χ2v) is 4.98. The standard InChI is InChI=1S/C12H19F6NO/c1-2-7-19-8-5-3-4-6-9(8)20-10(11(13,14)15)12(16,17)18/h8-10,19H,2-7H2,1H3. The molecule has 0 aromatic carbocycles.